The largest absolute Gasteiger partial charge is 0.390 e. The van der Waals surface area contributed by atoms with E-state index in [2.05, 4.69) is 18.7 Å². The number of carbonyl (C=O) groups is 1. The predicted molar refractivity (Wildman–Crippen MR) is 110 cm³/mol. The Labute approximate surface area is 170 Å². The van der Waals surface area contributed by atoms with Crippen LogP contribution in [-0.2, 0) is 4.79 Å². The van der Waals surface area contributed by atoms with Crippen LogP contribution < -0.4 is 0 Å². The van der Waals surface area contributed by atoms with Crippen molar-refractivity contribution in [2.24, 2.45) is 16.3 Å². The molecule has 3 atom stereocenters. The molecule has 3 aliphatic carbocycles. The number of thioether (sulfide) groups is 1. The fourth-order valence-electron chi connectivity index (χ4n) is 5.98. The van der Waals surface area contributed by atoms with Crippen LogP contribution in [0.5, 0.6) is 0 Å². The van der Waals surface area contributed by atoms with Gasteiger partial charge < -0.3 is 10.0 Å². The maximum Gasteiger partial charge on any atom is 0.224 e. The Morgan fingerprint density at radius 3 is 2.74 bits per heavy atom. The van der Waals surface area contributed by atoms with E-state index in [0.717, 1.165) is 48.6 Å². The van der Waals surface area contributed by atoms with Gasteiger partial charge in [0.15, 0.2) is 0 Å². The fraction of sp³-hybridized carbons (Fsp3) is 0.714. The average Bonchev–Trinajstić information content (AvgIpc) is 2.96. The van der Waals surface area contributed by atoms with Crippen LogP contribution >= 0.6 is 23.4 Å². The molecule has 6 heteroatoms. The third kappa shape index (κ3) is 3.10. The molecule has 6 aliphatic rings. The Morgan fingerprint density at radius 1 is 1.37 bits per heavy atom. The number of piperidine rings is 2. The Morgan fingerprint density at radius 2 is 2.07 bits per heavy atom. The van der Waals surface area contributed by atoms with Crippen LogP contribution in [0.2, 0.25) is 0 Å². The summed E-state index contributed by atoms with van der Waals surface area (Å²) in [4.78, 5) is 21.6. The lowest BCUT2D eigenvalue weighted by Crippen LogP contribution is -2.66. The number of carbonyl (C=O) groups excluding carboxylic acids is 1. The number of aliphatic hydroxyl groups is 1. The van der Waals surface area contributed by atoms with E-state index in [0.29, 0.717) is 12.3 Å². The van der Waals surface area contributed by atoms with Crippen molar-refractivity contribution in [3.63, 3.8) is 0 Å². The Bertz CT molecular complexity index is 771. The molecule has 0 aromatic heterocycles. The predicted octanol–water partition coefficient (Wildman–Crippen LogP) is 4.23. The number of allylic oxidation sites excluding steroid dienone is 2. The first-order valence-electron chi connectivity index (χ1n) is 10.1. The first kappa shape index (κ1) is 18.3. The van der Waals surface area contributed by atoms with Gasteiger partial charge >= 0.3 is 0 Å². The number of hydrogen-bond donors (Lipinski definition) is 1. The molecule has 0 radical (unpaired) electrons. The van der Waals surface area contributed by atoms with Gasteiger partial charge in [-0.2, -0.15) is 0 Å². The molecule has 0 spiro atoms. The van der Waals surface area contributed by atoms with Gasteiger partial charge in [0.25, 0.3) is 0 Å². The third-order valence-corrected chi connectivity index (χ3v) is 8.73. The normalized spacial score (nSPS) is 39.9. The first-order chi connectivity index (χ1) is 12.7. The summed E-state index contributed by atoms with van der Waals surface area (Å²) in [6, 6.07) is 0.643. The number of rotatable bonds is 3. The zero-order chi connectivity index (χ0) is 19.0. The van der Waals surface area contributed by atoms with Crippen molar-refractivity contribution < 1.29 is 9.90 Å². The number of hydrogen-bond acceptors (Lipinski definition) is 4. The third-order valence-electron chi connectivity index (χ3n) is 6.99. The van der Waals surface area contributed by atoms with Gasteiger partial charge in [0, 0.05) is 33.9 Å². The van der Waals surface area contributed by atoms with Crippen LogP contribution in [0.25, 0.3) is 0 Å². The van der Waals surface area contributed by atoms with E-state index in [1.54, 1.807) is 11.8 Å². The molecule has 2 saturated carbocycles. The highest BCUT2D eigenvalue weighted by atomic mass is 35.5. The molecule has 27 heavy (non-hydrogen) atoms. The van der Waals surface area contributed by atoms with E-state index in [1.807, 2.05) is 12.2 Å². The van der Waals surface area contributed by atoms with Crippen molar-refractivity contribution in [2.45, 2.75) is 82.5 Å². The standard InChI is InChI=1S/C21H27ClN2O2S/c1-20(2,19-23-16-4-3-13(22)7-17(16)27-19)11-18(25)24-14-5-12-6-15(24)10-21(26,8-12)9-14/h3,7,12,14-16,26H,4-6,8-11H2,1-2H3. The van der Waals surface area contributed by atoms with Crippen molar-refractivity contribution in [3.8, 4) is 0 Å². The van der Waals surface area contributed by atoms with Crippen molar-refractivity contribution in [1.29, 1.82) is 0 Å². The SMILES string of the molecule is CC(C)(CC(=O)N1C2CC3CC1CC(O)(C3)C2)C1=NC2CC=C(Cl)C=C2S1. The van der Waals surface area contributed by atoms with Gasteiger partial charge in [-0.25, -0.2) is 0 Å². The summed E-state index contributed by atoms with van der Waals surface area (Å²) in [6.07, 6.45) is 9.97. The molecule has 4 fully saturated rings. The quantitative estimate of drug-likeness (QED) is 0.762. The molecule has 3 aliphatic heterocycles. The van der Waals surface area contributed by atoms with Gasteiger partial charge in [0.1, 0.15) is 0 Å². The van der Waals surface area contributed by atoms with Crippen molar-refractivity contribution in [2.75, 3.05) is 0 Å². The summed E-state index contributed by atoms with van der Waals surface area (Å²) in [6.45, 7) is 4.27. The highest BCUT2D eigenvalue weighted by molar-refractivity contribution is 8.17. The second kappa shape index (κ2) is 6.11. The highest BCUT2D eigenvalue weighted by Gasteiger charge is 2.55. The smallest absolute Gasteiger partial charge is 0.224 e. The minimum atomic E-state index is -0.511. The minimum absolute atomic E-state index is 0.178. The van der Waals surface area contributed by atoms with E-state index in [-0.39, 0.29) is 29.4 Å². The maximum absolute atomic E-state index is 13.3. The van der Waals surface area contributed by atoms with E-state index in [9.17, 15) is 9.90 Å². The van der Waals surface area contributed by atoms with Crippen molar-refractivity contribution >= 4 is 34.3 Å². The van der Waals surface area contributed by atoms with E-state index < -0.39 is 5.60 Å². The second-order valence-corrected chi connectivity index (χ2v) is 11.3. The molecule has 1 amide bonds. The number of fused-ring (bicyclic) bond motifs is 1. The zero-order valence-corrected chi connectivity index (χ0v) is 17.5. The van der Waals surface area contributed by atoms with Crippen LogP contribution in [0.3, 0.4) is 0 Å². The van der Waals surface area contributed by atoms with Gasteiger partial charge in [-0.3, -0.25) is 9.79 Å². The topological polar surface area (TPSA) is 52.9 Å². The molecular formula is C21H27ClN2O2S. The lowest BCUT2D eigenvalue weighted by Gasteiger charge is -2.60. The molecule has 0 aromatic rings. The van der Waals surface area contributed by atoms with E-state index in [1.165, 1.54) is 4.91 Å². The Hall–Kier alpha value is -0.780. The van der Waals surface area contributed by atoms with E-state index >= 15 is 0 Å². The van der Waals surface area contributed by atoms with E-state index in [4.69, 9.17) is 16.6 Å². The fourth-order valence-corrected chi connectivity index (χ4v) is 7.47. The van der Waals surface area contributed by atoms with Crippen molar-refractivity contribution in [1.82, 2.24) is 4.90 Å². The highest BCUT2D eigenvalue weighted by Crippen LogP contribution is 2.52. The Kier molecular flexibility index (Phi) is 4.13. The molecule has 4 bridgehead atoms. The van der Waals surface area contributed by atoms with Crippen LogP contribution in [0.15, 0.2) is 27.1 Å². The van der Waals surface area contributed by atoms with Crippen LogP contribution in [-0.4, -0.2) is 44.7 Å². The number of amides is 1. The Balaban J connectivity index is 1.31. The molecule has 1 N–H and O–H groups in total. The van der Waals surface area contributed by atoms with Gasteiger partial charge in [-0.1, -0.05) is 43.3 Å². The second-order valence-electron chi connectivity index (χ2n) is 9.77. The molecular weight excluding hydrogens is 380 g/mol. The molecule has 146 valence electrons. The molecule has 4 nitrogen and oxygen atoms in total. The van der Waals surface area contributed by atoms with Gasteiger partial charge in [-0.15, -0.1) is 0 Å². The molecule has 0 aromatic carbocycles. The van der Waals surface area contributed by atoms with Gasteiger partial charge in [-0.05, 0) is 50.5 Å². The summed E-state index contributed by atoms with van der Waals surface area (Å²) in [5.41, 5.74) is -0.791. The van der Waals surface area contributed by atoms with Gasteiger partial charge in [0.2, 0.25) is 5.91 Å². The maximum atomic E-state index is 13.3. The molecule has 3 heterocycles. The summed E-state index contributed by atoms with van der Waals surface area (Å²) in [7, 11) is 0. The van der Waals surface area contributed by atoms with Crippen molar-refractivity contribution in [3.05, 3.63) is 22.1 Å². The van der Waals surface area contributed by atoms with Crippen LogP contribution in [0.4, 0.5) is 0 Å². The minimum Gasteiger partial charge on any atom is -0.390 e. The number of nitrogens with zero attached hydrogens (tertiary/aromatic N) is 2. The number of aliphatic imine (C=N–C) groups is 1. The van der Waals surface area contributed by atoms with Crippen LogP contribution in [0.1, 0.15) is 58.8 Å². The average molecular weight is 407 g/mol. The monoisotopic (exact) mass is 406 g/mol. The summed E-state index contributed by atoms with van der Waals surface area (Å²) in [5.74, 6) is 0.840. The molecule has 3 unspecified atom stereocenters. The summed E-state index contributed by atoms with van der Waals surface area (Å²) >= 11 is 7.85. The number of halogens is 1. The molecule has 2 saturated heterocycles. The summed E-state index contributed by atoms with van der Waals surface area (Å²) < 4.78 is 0. The molecule has 6 rings (SSSR count). The van der Waals surface area contributed by atoms with Gasteiger partial charge in [0.05, 0.1) is 16.7 Å². The summed E-state index contributed by atoms with van der Waals surface area (Å²) in [5, 5.41) is 12.6. The van der Waals surface area contributed by atoms with Crippen LogP contribution in [0, 0.1) is 11.3 Å². The zero-order valence-electron chi connectivity index (χ0n) is 15.9. The first-order valence-corrected chi connectivity index (χ1v) is 11.3. The lowest BCUT2D eigenvalue weighted by atomic mass is 9.61. The lowest BCUT2D eigenvalue weighted by molar-refractivity contribution is -0.175.